The molecule has 6 nitrogen and oxygen atoms in total. The molecular weight excluding hydrogens is 328 g/mol. The van der Waals surface area contributed by atoms with Gasteiger partial charge in [0.2, 0.25) is 0 Å². The molecule has 0 saturated carbocycles. The molecule has 1 aromatic carbocycles. The number of benzene rings is 1. The zero-order valence-corrected chi connectivity index (χ0v) is 14.4. The highest BCUT2D eigenvalue weighted by Gasteiger charge is 2.14. The van der Waals surface area contributed by atoms with E-state index in [-0.39, 0.29) is 5.91 Å². The predicted molar refractivity (Wildman–Crippen MR) is 92.9 cm³/mol. The van der Waals surface area contributed by atoms with Gasteiger partial charge in [0.05, 0.1) is 18.9 Å². The second-order valence-electron chi connectivity index (χ2n) is 5.77. The lowest BCUT2D eigenvalue weighted by Crippen LogP contribution is -2.41. The summed E-state index contributed by atoms with van der Waals surface area (Å²) in [4.78, 5) is 14.6. The summed E-state index contributed by atoms with van der Waals surface area (Å²) in [6.07, 6.45) is 0. The number of ether oxygens (including phenoxy) is 1. The summed E-state index contributed by atoms with van der Waals surface area (Å²) < 4.78 is 7.06. The number of hydrogen-bond donors (Lipinski definition) is 1. The number of rotatable bonds is 5. The molecule has 1 aliphatic rings. The first kappa shape index (κ1) is 17.0. The molecule has 128 valence electrons. The molecule has 1 aliphatic heterocycles. The molecule has 7 heteroatoms. The van der Waals surface area contributed by atoms with Crippen molar-refractivity contribution in [1.82, 2.24) is 20.0 Å². The standard InChI is InChI=1S/C17H21ClN4O2/c1-13-12-16(20-22(13)15-4-2-14(18)3-5-15)17(23)19-6-7-21-8-10-24-11-9-21/h2-5,12H,6-11H2,1H3,(H,19,23). The summed E-state index contributed by atoms with van der Waals surface area (Å²) in [6, 6.07) is 9.16. The highest BCUT2D eigenvalue weighted by Crippen LogP contribution is 2.15. The number of aromatic nitrogens is 2. The van der Waals surface area contributed by atoms with Gasteiger partial charge in [-0.3, -0.25) is 9.69 Å². The van der Waals surface area contributed by atoms with Crippen LogP contribution in [0.25, 0.3) is 5.69 Å². The van der Waals surface area contributed by atoms with Gasteiger partial charge in [-0.25, -0.2) is 4.68 Å². The highest BCUT2D eigenvalue weighted by molar-refractivity contribution is 6.30. The Hall–Kier alpha value is -1.89. The van der Waals surface area contributed by atoms with Gasteiger partial charge in [0.15, 0.2) is 5.69 Å². The maximum absolute atomic E-state index is 12.3. The van der Waals surface area contributed by atoms with E-state index in [4.69, 9.17) is 16.3 Å². The second kappa shape index (κ2) is 7.79. The van der Waals surface area contributed by atoms with E-state index in [1.54, 1.807) is 22.9 Å². The molecule has 3 rings (SSSR count). The maximum Gasteiger partial charge on any atom is 0.271 e. The van der Waals surface area contributed by atoms with Crippen molar-refractivity contribution in [2.75, 3.05) is 39.4 Å². The van der Waals surface area contributed by atoms with Crippen LogP contribution in [0.15, 0.2) is 30.3 Å². The van der Waals surface area contributed by atoms with Gasteiger partial charge in [0, 0.05) is 36.9 Å². The number of carbonyl (C=O) groups is 1. The number of aryl methyl sites for hydroxylation is 1. The molecule has 0 bridgehead atoms. The average Bonchev–Trinajstić information content (AvgIpc) is 2.98. The Bertz CT molecular complexity index is 693. The van der Waals surface area contributed by atoms with Crippen LogP contribution in [-0.4, -0.2) is 60.0 Å². The third kappa shape index (κ3) is 4.14. The first-order valence-corrected chi connectivity index (χ1v) is 8.42. The fourth-order valence-corrected chi connectivity index (χ4v) is 2.80. The van der Waals surface area contributed by atoms with Gasteiger partial charge in [-0.15, -0.1) is 0 Å². The summed E-state index contributed by atoms with van der Waals surface area (Å²) in [6.45, 7) is 6.71. The summed E-state index contributed by atoms with van der Waals surface area (Å²) in [7, 11) is 0. The third-order valence-electron chi connectivity index (χ3n) is 4.01. The molecule has 1 fully saturated rings. The number of hydrogen-bond acceptors (Lipinski definition) is 4. The SMILES string of the molecule is Cc1cc(C(=O)NCCN2CCOCC2)nn1-c1ccc(Cl)cc1. The van der Waals surface area contributed by atoms with Crippen LogP contribution in [0.4, 0.5) is 0 Å². The Kier molecular flexibility index (Phi) is 5.50. The Labute approximate surface area is 146 Å². The van der Waals surface area contributed by atoms with Crippen molar-refractivity contribution in [3.8, 4) is 5.69 Å². The van der Waals surface area contributed by atoms with Crippen molar-refractivity contribution >= 4 is 17.5 Å². The molecule has 2 heterocycles. The van der Waals surface area contributed by atoms with Crippen LogP contribution in [0.3, 0.4) is 0 Å². The third-order valence-corrected chi connectivity index (χ3v) is 4.26. The first-order chi connectivity index (χ1) is 11.6. The first-order valence-electron chi connectivity index (χ1n) is 8.04. The van der Waals surface area contributed by atoms with Gasteiger partial charge >= 0.3 is 0 Å². The minimum Gasteiger partial charge on any atom is -0.379 e. The predicted octanol–water partition coefficient (Wildman–Crippen LogP) is 1.90. The summed E-state index contributed by atoms with van der Waals surface area (Å²) in [5, 5.41) is 8.00. The van der Waals surface area contributed by atoms with Crippen molar-refractivity contribution < 1.29 is 9.53 Å². The summed E-state index contributed by atoms with van der Waals surface area (Å²) >= 11 is 5.91. The van der Waals surface area contributed by atoms with E-state index in [0.717, 1.165) is 44.2 Å². The summed E-state index contributed by atoms with van der Waals surface area (Å²) in [5.74, 6) is -0.154. The van der Waals surface area contributed by atoms with Crippen LogP contribution >= 0.6 is 11.6 Å². The van der Waals surface area contributed by atoms with Gasteiger partial charge in [0.1, 0.15) is 0 Å². The topological polar surface area (TPSA) is 59.4 Å². The molecule has 0 unspecified atom stereocenters. The van der Waals surface area contributed by atoms with Crippen molar-refractivity contribution in [1.29, 1.82) is 0 Å². The van der Waals surface area contributed by atoms with Crippen molar-refractivity contribution in [3.05, 3.63) is 46.7 Å². The smallest absolute Gasteiger partial charge is 0.271 e. The molecular formula is C17H21ClN4O2. The normalized spacial score (nSPS) is 15.4. The molecule has 1 N–H and O–H groups in total. The average molecular weight is 349 g/mol. The molecule has 0 atom stereocenters. The number of carbonyl (C=O) groups excluding carboxylic acids is 1. The zero-order valence-electron chi connectivity index (χ0n) is 13.7. The van der Waals surface area contributed by atoms with Crippen molar-refractivity contribution in [3.63, 3.8) is 0 Å². The fourth-order valence-electron chi connectivity index (χ4n) is 2.67. The molecule has 1 saturated heterocycles. The number of halogens is 1. The van der Waals surface area contributed by atoms with E-state index in [0.29, 0.717) is 17.3 Å². The molecule has 0 aliphatic carbocycles. The van der Waals surface area contributed by atoms with Crippen LogP contribution in [0.5, 0.6) is 0 Å². The van der Waals surface area contributed by atoms with Crippen LogP contribution in [0.1, 0.15) is 16.2 Å². The molecule has 1 amide bonds. The van der Waals surface area contributed by atoms with Crippen LogP contribution < -0.4 is 5.32 Å². The van der Waals surface area contributed by atoms with E-state index in [9.17, 15) is 4.79 Å². The largest absolute Gasteiger partial charge is 0.379 e. The van der Waals surface area contributed by atoms with Gasteiger partial charge in [0.25, 0.3) is 5.91 Å². The van der Waals surface area contributed by atoms with Crippen molar-refractivity contribution in [2.24, 2.45) is 0 Å². The zero-order chi connectivity index (χ0) is 16.9. The van der Waals surface area contributed by atoms with Gasteiger partial charge in [-0.05, 0) is 37.3 Å². The number of amides is 1. The quantitative estimate of drug-likeness (QED) is 0.896. The molecule has 2 aromatic rings. The lowest BCUT2D eigenvalue weighted by atomic mass is 10.3. The van der Waals surface area contributed by atoms with E-state index in [1.807, 2.05) is 19.1 Å². The number of nitrogens with zero attached hydrogens (tertiary/aromatic N) is 3. The number of morpholine rings is 1. The fraction of sp³-hybridized carbons (Fsp3) is 0.412. The maximum atomic E-state index is 12.3. The Balaban J connectivity index is 1.59. The van der Waals surface area contributed by atoms with E-state index in [1.165, 1.54) is 0 Å². The monoisotopic (exact) mass is 348 g/mol. The Morgan fingerprint density at radius 1 is 1.29 bits per heavy atom. The van der Waals surface area contributed by atoms with Crippen molar-refractivity contribution in [2.45, 2.75) is 6.92 Å². The lowest BCUT2D eigenvalue weighted by Gasteiger charge is -2.26. The van der Waals surface area contributed by atoms with Crippen LogP contribution in [-0.2, 0) is 4.74 Å². The minimum atomic E-state index is -0.154. The Morgan fingerprint density at radius 3 is 2.71 bits per heavy atom. The highest BCUT2D eigenvalue weighted by atomic mass is 35.5. The van der Waals surface area contributed by atoms with E-state index < -0.39 is 0 Å². The molecule has 0 spiro atoms. The number of nitrogens with one attached hydrogen (secondary N) is 1. The van der Waals surface area contributed by atoms with E-state index in [2.05, 4.69) is 15.3 Å². The van der Waals surface area contributed by atoms with Gasteiger partial charge in [-0.2, -0.15) is 5.10 Å². The van der Waals surface area contributed by atoms with Crippen LogP contribution in [0.2, 0.25) is 5.02 Å². The van der Waals surface area contributed by atoms with E-state index >= 15 is 0 Å². The molecule has 0 radical (unpaired) electrons. The second-order valence-corrected chi connectivity index (χ2v) is 6.21. The van der Waals surface area contributed by atoms with Gasteiger partial charge < -0.3 is 10.1 Å². The van der Waals surface area contributed by atoms with Crippen LogP contribution in [0, 0.1) is 6.92 Å². The molecule has 1 aromatic heterocycles. The van der Waals surface area contributed by atoms with Gasteiger partial charge in [-0.1, -0.05) is 11.6 Å². The summed E-state index contributed by atoms with van der Waals surface area (Å²) in [5.41, 5.74) is 2.20. The molecule has 24 heavy (non-hydrogen) atoms. The minimum absolute atomic E-state index is 0.154. The Morgan fingerprint density at radius 2 is 2.00 bits per heavy atom. The lowest BCUT2D eigenvalue weighted by molar-refractivity contribution is 0.0383.